The van der Waals surface area contributed by atoms with E-state index < -0.39 is 6.10 Å². The maximum Gasteiger partial charge on any atom is 0.129 e. The van der Waals surface area contributed by atoms with Crippen molar-refractivity contribution in [3.63, 3.8) is 0 Å². The lowest BCUT2D eigenvalue weighted by atomic mass is 10.1. The summed E-state index contributed by atoms with van der Waals surface area (Å²) < 4.78 is 10.8. The van der Waals surface area contributed by atoms with Gasteiger partial charge < -0.3 is 24.9 Å². The molecule has 0 fully saturated rings. The molecule has 0 amide bonds. The zero-order valence-corrected chi connectivity index (χ0v) is 13.2. The van der Waals surface area contributed by atoms with E-state index in [1.807, 2.05) is 36.4 Å². The molecule has 1 unspecified atom stereocenters. The molecule has 0 spiro atoms. The highest BCUT2D eigenvalue weighted by Crippen LogP contribution is 2.32. The van der Waals surface area contributed by atoms with Gasteiger partial charge in [-0.05, 0) is 18.2 Å². The number of ether oxygens (including phenoxy) is 2. The summed E-state index contributed by atoms with van der Waals surface area (Å²) in [6.45, 7) is 2.07. The largest absolute Gasteiger partial charge is 0.490 e. The van der Waals surface area contributed by atoms with Crippen LogP contribution in [0.5, 0.6) is 5.75 Å². The summed E-state index contributed by atoms with van der Waals surface area (Å²) >= 11 is 0. The van der Waals surface area contributed by atoms with Crippen LogP contribution in [0.3, 0.4) is 0 Å². The van der Waals surface area contributed by atoms with Gasteiger partial charge in [-0.15, -0.1) is 0 Å². The molecule has 122 valence electrons. The molecule has 0 aliphatic heterocycles. The second-order valence-electron chi connectivity index (χ2n) is 5.51. The van der Waals surface area contributed by atoms with Crippen molar-refractivity contribution in [3.05, 3.63) is 42.5 Å². The first kappa shape index (κ1) is 15.8. The Balaban J connectivity index is 1.70. The highest BCUT2D eigenvalue weighted by Gasteiger charge is 2.11. The van der Waals surface area contributed by atoms with E-state index in [0.717, 1.165) is 27.6 Å². The predicted molar refractivity (Wildman–Crippen MR) is 92.1 cm³/mol. The van der Waals surface area contributed by atoms with Crippen molar-refractivity contribution in [1.29, 1.82) is 0 Å². The number of H-pyrrole nitrogens is 1. The summed E-state index contributed by atoms with van der Waals surface area (Å²) in [6.07, 6.45) is -0.563. The van der Waals surface area contributed by atoms with Gasteiger partial charge in [0, 0.05) is 36.5 Å². The van der Waals surface area contributed by atoms with Crippen molar-refractivity contribution in [1.82, 2.24) is 10.3 Å². The molecule has 1 heterocycles. The molecule has 3 rings (SSSR count). The Morgan fingerprint density at radius 2 is 1.96 bits per heavy atom. The molecule has 0 radical (unpaired) electrons. The molecule has 0 aliphatic rings. The third kappa shape index (κ3) is 3.64. The van der Waals surface area contributed by atoms with Crippen molar-refractivity contribution in [2.75, 3.05) is 33.4 Å². The second kappa shape index (κ2) is 7.46. The van der Waals surface area contributed by atoms with Crippen LogP contribution in [-0.4, -0.2) is 49.6 Å². The summed E-state index contributed by atoms with van der Waals surface area (Å²) in [5, 5.41) is 15.3. The van der Waals surface area contributed by atoms with E-state index in [9.17, 15) is 5.11 Å². The number of hydrogen-bond acceptors (Lipinski definition) is 4. The first-order chi connectivity index (χ1) is 11.3. The molecule has 0 saturated heterocycles. The lowest BCUT2D eigenvalue weighted by Crippen LogP contribution is -2.33. The molecule has 23 heavy (non-hydrogen) atoms. The molecule has 3 N–H and O–H groups in total. The van der Waals surface area contributed by atoms with Gasteiger partial charge in [-0.2, -0.15) is 0 Å². The number of para-hydroxylation sites is 1. The predicted octanol–water partition coefficient (Wildman–Crippen LogP) is 2.30. The molecule has 5 heteroatoms. The van der Waals surface area contributed by atoms with Crippen molar-refractivity contribution in [2.24, 2.45) is 0 Å². The van der Waals surface area contributed by atoms with Crippen LogP contribution in [0, 0.1) is 0 Å². The van der Waals surface area contributed by atoms with Crippen LogP contribution in [0.4, 0.5) is 0 Å². The van der Waals surface area contributed by atoms with Gasteiger partial charge in [0.1, 0.15) is 18.5 Å². The van der Waals surface area contributed by atoms with Crippen molar-refractivity contribution in [2.45, 2.75) is 6.10 Å². The number of fused-ring (bicyclic) bond motifs is 3. The van der Waals surface area contributed by atoms with Crippen molar-refractivity contribution >= 4 is 21.8 Å². The van der Waals surface area contributed by atoms with Gasteiger partial charge in [-0.25, -0.2) is 0 Å². The second-order valence-corrected chi connectivity index (χ2v) is 5.51. The molecule has 1 aromatic heterocycles. The van der Waals surface area contributed by atoms with Gasteiger partial charge in [-0.3, -0.25) is 0 Å². The quantitative estimate of drug-likeness (QED) is 0.558. The van der Waals surface area contributed by atoms with Crippen molar-refractivity contribution < 1.29 is 14.6 Å². The smallest absolute Gasteiger partial charge is 0.129 e. The minimum Gasteiger partial charge on any atom is -0.490 e. The Morgan fingerprint density at radius 3 is 2.83 bits per heavy atom. The van der Waals surface area contributed by atoms with E-state index in [2.05, 4.69) is 16.4 Å². The normalized spacial score (nSPS) is 12.8. The molecule has 5 nitrogen and oxygen atoms in total. The minimum atomic E-state index is -0.563. The summed E-state index contributed by atoms with van der Waals surface area (Å²) in [4.78, 5) is 3.39. The number of nitrogens with one attached hydrogen (secondary N) is 2. The first-order valence-electron chi connectivity index (χ1n) is 7.79. The van der Waals surface area contributed by atoms with Crippen LogP contribution in [0.2, 0.25) is 0 Å². The maximum atomic E-state index is 10.0. The third-order valence-corrected chi connectivity index (χ3v) is 3.79. The SMILES string of the molecule is COCCNCC(O)COc1cccc2[nH]c3ccccc3c12. The number of benzene rings is 2. The number of methoxy groups -OCH3 is 1. The fourth-order valence-corrected chi connectivity index (χ4v) is 2.68. The van der Waals surface area contributed by atoms with E-state index in [0.29, 0.717) is 19.7 Å². The monoisotopic (exact) mass is 314 g/mol. The van der Waals surface area contributed by atoms with E-state index in [4.69, 9.17) is 9.47 Å². The summed E-state index contributed by atoms with van der Waals surface area (Å²) in [5.74, 6) is 0.788. The Hall–Kier alpha value is -2.08. The Morgan fingerprint density at radius 1 is 1.13 bits per heavy atom. The van der Waals surface area contributed by atoms with E-state index in [1.54, 1.807) is 7.11 Å². The van der Waals surface area contributed by atoms with Gasteiger partial charge in [0.2, 0.25) is 0 Å². The standard InChI is InChI=1S/C18H22N2O3/c1-22-10-9-19-11-13(21)12-23-17-8-4-7-16-18(17)14-5-2-3-6-15(14)20-16/h2-8,13,19-21H,9-12H2,1H3. The fraction of sp³-hybridized carbons (Fsp3) is 0.333. The molecular weight excluding hydrogens is 292 g/mol. The van der Waals surface area contributed by atoms with E-state index in [-0.39, 0.29) is 6.61 Å². The topological polar surface area (TPSA) is 66.5 Å². The lowest BCUT2D eigenvalue weighted by molar-refractivity contribution is 0.104. The summed E-state index contributed by atoms with van der Waals surface area (Å²) in [6, 6.07) is 14.1. The van der Waals surface area contributed by atoms with Crippen molar-refractivity contribution in [3.8, 4) is 5.75 Å². The lowest BCUT2D eigenvalue weighted by Gasteiger charge is -2.14. The zero-order chi connectivity index (χ0) is 16.1. The molecule has 3 aromatic rings. The average molecular weight is 314 g/mol. The number of aromatic amines is 1. The van der Waals surface area contributed by atoms with Crippen LogP contribution >= 0.6 is 0 Å². The molecule has 0 bridgehead atoms. The average Bonchev–Trinajstić information content (AvgIpc) is 2.96. The van der Waals surface area contributed by atoms with Crippen LogP contribution in [0.1, 0.15) is 0 Å². The van der Waals surface area contributed by atoms with Crippen LogP contribution < -0.4 is 10.1 Å². The van der Waals surface area contributed by atoms with Gasteiger partial charge in [-0.1, -0.05) is 24.3 Å². The fourth-order valence-electron chi connectivity index (χ4n) is 2.68. The van der Waals surface area contributed by atoms with Crippen LogP contribution in [-0.2, 0) is 4.74 Å². The highest BCUT2D eigenvalue weighted by atomic mass is 16.5. The van der Waals surface area contributed by atoms with Gasteiger partial charge in [0.25, 0.3) is 0 Å². The minimum absolute atomic E-state index is 0.249. The van der Waals surface area contributed by atoms with Crippen LogP contribution in [0.15, 0.2) is 42.5 Å². The Labute approximate surface area is 135 Å². The number of hydrogen-bond donors (Lipinski definition) is 3. The molecule has 0 saturated carbocycles. The molecule has 0 aliphatic carbocycles. The number of aliphatic hydroxyl groups is 1. The number of aliphatic hydroxyl groups excluding tert-OH is 1. The van der Waals surface area contributed by atoms with Gasteiger partial charge >= 0.3 is 0 Å². The zero-order valence-electron chi connectivity index (χ0n) is 13.2. The highest BCUT2D eigenvalue weighted by molar-refractivity contribution is 6.10. The number of aromatic nitrogens is 1. The van der Waals surface area contributed by atoms with Gasteiger partial charge in [0.15, 0.2) is 0 Å². The summed E-state index contributed by atoms with van der Waals surface area (Å²) in [7, 11) is 1.66. The van der Waals surface area contributed by atoms with E-state index >= 15 is 0 Å². The first-order valence-corrected chi connectivity index (χ1v) is 7.79. The molecular formula is C18H22N2O3. The molecule has 2 aromatic carbocycles. The Bertz CT molecular complexity index is 769. The van der Waals surface area contributed by atoms with Gasteiger partial charge in [0.05, 0.1) is 12.1 Å². The third-order valence-electron chi connectivity index (χ3n) is 3.79. The van der Waals surface area contributed by atoms with E-state index in [1.165, 1.54) is 0 Å². The summed E-state index contributed by atoms with van der Waals surface area (Å²) in [5.41, 5.74) is 2.12. The maximum absolute atomic E-state index is 10.0. The number of rotatable bonds is 8. The Kier molecular flexibility index (Phi) is 5.12. The molecule has 1 atom stereocenters. The van der Waals surface area contributed by atoms with Crippen LogP contribution in [0.25, 0.3) is 21.8 Å².